The van der Waals surface area contributed by atoms with E-state index in [1.807, 2.05) is 0 Å². The van der Waals surface area contributed by atoms with E-state index in [4.69, 9.17) is 12.2 Å². The van der Waals surface area contributed by atoms with Gasteiger partial charge in [-0.25, -0.2) is 4.98 Å². The molecule has 0 spiro atoms. The molecule has 4 rings (SSSR count). The van der Waals surface area contributed by atoms with E-state index in [9.17, 15) is 18.0 Å². The van der Waals surface area contributed by atoms with Gasteiger partial charge in [0, 0.05) is 29.4 Å². The lowest BCUT2D eigenvalue weighted by molar-refractivity contribution is -0.177. The maximum Gasteiger partial charge on any atom is 0.427 e. The average molecular weight is 404 g/mol. The zero-order chi connectivity index (χ0) is 19.9. The molecule has 144 valence electrons. The lowest BCUT2D eigenvalue weighted by Crippen LogP contribution is -2.59. The highest BCUT2D eigenvalue weighted by Crippen LogP contribution is 2.44. The number of hydrogen-bond acceptors (Lipinski definition) is 3. The predicted molar refractivity (Wildman–Crippen MR) is 102 cm³/mol. The summed E-state index contributed by atoms with van der Waals surface area (Å²) in [5, 5.41) is 4.98. The van der Waals surface area contributed by atoms with E-state index < -0.39 is 11.7 Å². The van der Waals surface area contributed by atoms with Gasteiger partial charge in [-0.3, -0.25) is 9.36 Å². The van der Waals surface area contributed by atoms with Gasteiger partial charge in [-0.15, -0.1) is 0 Å². The van der Waals surface area contributed by atoms with Gasteiger partial charge in [0.15, 0.2) is 5.11 Å². The number of rotatable bonds is 2. The fourth-order valence-electron chi connectivity index (χ4n) is 3.04. The van der Waals surface area contributed by atoms with Crippen LogP contribution in [0.25, 0.3) is 0 Å². The molecule has 1 aromatic heterocycles. The Morgan fingerprint density at radius 2 is 2.11 bits per heavy atom. The first-order chi connectivity index (χ1) is 13.3. The summed E-state index contributed by atoms with van der Waals surface area (Å²) < 4.78 is 43.7. The van der Waals surface area contributed by atoms with Gasteiger partial charge < -0.3 is 10.6 Å². The molecule has 1 unspecified atom stereocenters. The second-order valence-electron chi connectivity index (χ2n) is 6.80. The Hall–Kier alpha value is -2.86. The van der Waals surface area contributed by atoms with Crippen molar-refractivity contribution in [2.24, 2.45) is 5.92 Å². The zero-order valence-electron chi connectivity index (χ0n) is 14.5. The van der Waals surface area contributed by atoms with Crippen LogP contribution in [0.15, 0.2) is 41.6 Å². The van der Waals surface area contributed by atoms with Crippen molar-refractivity contribution in [3.63, 3.8) is 0 Å². The van der Waals surface area contributed by atoms with E-state index in [0.717, 1.165) is 12.8 Å². The van der Waals surface area contributed by atoms with Crippen LogP contribution in [0, 0.1) is 17.8 Å². The van der Waals surface area contributed by atoms with Crippen LogP contribution in [0.1, 0.15) is 24.0 Å². The second kappa shape index (κ2) is 6.63. The molecular formula is C19H15F3N4OS. The van der Waals surface area contributed by atoms with E-state index in [-0.39, 0.29) is 34.4 Å². The molecule has 9 heteroatoms. The molecule has 1 saturated carbocycles. The third kappa shape index (κ3) is 3.36. The van der Waals surface area contributed by atoms with Crippen molar-refractivity contribution in [3.05, 3.63) is 58.3 Å². The first-order valence-corrected chi connectivity index (χ1v) is 9.02. The number of halogens is 3. The Morgan fingerprint density at radius 3 is 2.79 bits per heavy atom. The minimum Gasteiger partial charge on any atom is -0.335 e. The van der Waals surface area contributed by atoms with Crippen LogP contribution < -0.4 is 16.2 Å². The minimum atomic E-state index is -4.67. The lowest BCUT2D eigenvalue weighted by atomic mass is 9.85. The van der Waals surface area contributed by atoms with E-state index in [2.05, 4.69) is 27.5 Å². The molecule has 5 nitrogen and oxygen atoms in total. The van der Waals surface area contributed by atoms with Crippen molar-refractivity contribution in [1.82, 2.24) is 14.9 Å². The van der Waals surface area contributed by atoms with Gasteiger partial charge in [-0.1, -0.05) is 24.0 Å². The first-order valence-electron chi connectivity index (χ1n) is 8.61. The van der Waals surface area contributed by atoms with Crippen LogP contribution in [0.3, 0.4) is 0 Å². The normalized spacial score (nSPS) is 21.0. The number of aromatic nitrogens is 2. The molecule has 28 heavy (non-hydrogen) atoms. The first kappa shape index (κ1) is 18.5. The van der Waals surface area contributed by atoms with E-state index >= 15 is 0 Å². The van der Waals surface area contributed by atoms with Gasteiger partial charge in [-0.2, -0.15) is 13.2 Å². The highest BCUT2D eigenvalue weighted by Gasteiger charge is 2.58. The van der Waals surface area contributed by atoms with Crippen molar-refractivity contribution in [3.8, 4) is 11.8 Å². The smallest absolute Gasteiger partial charge is 0.335 e. The van der Waals surface area contributed by atoms with Crippen LogP contribution in [-0.2, 0) is 12.1 Å². The number of nitrogens with zero attached hydrogens (tertiary/aromatic N) is 2. The minimum absolute atomic E-state index is 0.00432. The summed E-state index contributed by atoms with van der Waals surface area (Å²) in [5.74, 6) is 5.15. The number of anilines is 1. The van der Waals surface area contributed by atoms with Crippen molar-refractivity contribution >= 4 is 23.0 Å². The van der Waals surface area contributed by atoms with Crippen LogP contribution >= 0.6 is 12.2 Å². The lowest BCUT2D eigenvalue weighted by Gasteiger charge is -2.38. The third-order valence-electron chi connectivity index (χ3n) is 4.65. The molecule has 1 atom stereocenters. The predicted octanol–water partition coefficient (Wildman–Crippen LogP) is 2.76. The molecule has 1 aliphatic heterocycles. The van der Waals surface area contributed by atoms with Crippen LogP contribution in [0.5, 0.6) is 0 Å². The molecule has 0 amide bonds. The Bertz CT molecular complexity index is 1070. The Labute approximate surface area is 164 Å². The van der Waals surface area contributed by atoms with E-state index in [1.54, 1.807) is 12.1 Å². The number of thiocarbonyl (C=S) groups is 1. The molecule has 1 aromatic carbocycles. The second-order valence-corrected chi connectivity index (χ2v) is 7.21. The number of benzene rings is 1. The summed E-state index contributed by atoms with van der Waals surface area (Å²) in [6.07, 6.45) is -0.279. The molecule has 2 N–H and O–H groups in total. The fraction of sp³-hybridized carbons (Fsp3) is 0.316. The maximum atomic E-state index is 14.1. The molecule has 1 fully saturated rings. The maximum absolute atomic E-state index is 14.1. The van der Waals surface area contributed by atoms with Crippen molar-refractivity contribution in [2.45, 2.75) is 31.1 Å². The summed E-state index contributed by atoms with van der Waals surface area (Å²) in [5.41, 5.74) is -1.99. The zero-order valence-corrected chi connectivity index (χ0v) is 15.3. The van der Waals surface area contributed by atoms with Crippen LogP contribution in [0.2, 0.25) is 0 Å². The summed E-state index contributed by atoms with van der Waals surface area (Å²) in [4.78, 5) is 15.8. The van der Waals surface area contributed by atoms with Gasteiger partial charge in [0.1, 0.15) is 0 Å². The molecule has 0 radical (unpaired) electrons. The summed E-state index contributed by atoms with van der Waals surface area (Å²) in [7, 11) is 0. The number of nitrogens with one attached hydrogen (secondary N) is 2. The van der Waals surface area contributed by atoms with Crippen molar-refractivity contribution in [1.29, 1.82) is 0 Å². The topological polar surface area (TPSA) is 59.0 Å². The summed E-state index contributed by atoms with van der Waals surface area (Å²) in [6, 6.07) is 5.80. The molecule has 1 aliphatic carbocycles. The van der Waals surface area contributed by atoms with Crippen molar-refractivity contribution < 1.29 is 13.2 Å². The highest BCUT2D eigenvalue weighted by molar-refractivity contribution is 7.80. The molecule has 2 aliphatic rings. The Kier molecular flexibility index (Phi) is 4.38. The van der Waals surface area contributed by atoms with Gasteiger partial charge >= 0.3 is 6.18 Å². The van der Waals surface area contributed by atoms with Crippen LogP contribution in [0.4, 0.5) is 18.9 Å². The quantitative estimate of drug-likeness (QED) is 0.596. The standard InChI is InChI=1S/C19H15F3N4OS/c20-19(21,22)18(7-5-12-1-2-12)14-4-3-13(9-15(14)24-17(28)25-18)10-26-11-23-8-6-16(26)27/h3-4,6,8-9,11-12H,1-2,10H2,(H2,24,25,28). The Morgan fingerprint density at radius 1 is 1.32 bits per heavy atom. The molecule has 0 bridgehead atoms. The highest BCUT2D eigenvalue weighted by atomic mass is 32.1. The Balaban J connectivity index is 1.78. The third-order valence-corrected chi connectivity index (χ3v) is 4.85. The summed E-state index contributed by atoms with van der Waals surface area (Å²) in [6.45, 7) is 0.175. The van der Waals surface area contributed by atoms with Gasteiger partial charge in [0.05, 0.1) is 12.9 Å². The SMILES string of the molecule is O=c1ccncn1Cc1ccc2c(c1)NC(=S)NC2(C#CC1CC1)C(F)(F)F. The van der Waals surface area contributed by atoms with E-state index in [0.29, 0.717) is 5.56 Å². The van der Waals surface area contributed by atoms with E-state index in [1.165, 1.54) is 29.2 Å². The number of hydrogen-bond donors (Lipinski definition) is 2. The van der Waals surface area contributed by atoms with Gasteiger partial charge in [0.2, 0.25) is 5.54 Å². The molecular weight excluding hydrogens is 389 g/mol. The van der Waals surface area contributed by atoms with Crippen molar-refractivity contribution in [2.75, 3.05) is 5.32 Å². The molecule has 2 heterocycles. The monoisotopic (exact) mass is 404 g/mol. The molecule has 0 saturated heterocycles. The largest absolute Gasteiger partial charge is 0.427 e. The number of fused-ring (bicyclic) bond motifs is 1. The summed E-state index contributed by atoms with van der Waals surface area (Å²) >= 11 is 5.03. The van der Waals surface area contributed by atoms with Gasteiger partial charge in [-0.05, 0) is 36.7 Å². The van der Waals surface area contributed by atoms with Crippen LogP contribution in [-0.4, -0.2) is 20.8 Å². The fourth-order valence-corrected chi connectivity index (χ4v) is 3.30. The number of alkyl halides is 3. The average Bonchev–Trinajstić information content (AvgIpc) is 3.44. The van der Waals surface area contributed by atoms with Gasteiger partial charge in [0.25, 0.3) is 5.56 Å². The molecule has 2 aromatic rings.